The van der Waals surface area contributed by atoms with Crippen LogP contribution in [0.25, 0.3) is 0 Å². The Labute approximate surface area is 136 Å². The van der Waals surface area contributed by atoms with Gasteiger partial charge >= 0.3 is 0 Å². The Morgan fingerprint density at radius 2 is 1.83 bits per heavy atom. The molecule has 0 spiro atoms. The maximum atomic E-state index is 12.2. The standard InChI is InChI=1S/C18H21N3O2/c1-14-5-3-4-6-17(14)18(23)20-11-12-21(15(2)22)13-16-7-9-19-10-8-16/h3-10H,11-13H2,1-2H3,(H,20,23). The third kappa shape index (κ3) is 4.92. The first-order valence-electron chi connectivity index (χ1n) is 7.56. The van der Waals surface area contributed by atoms with E-state index in [1.54, 1.807) is 23.4 Å². The predicted molar refractivity (Wildman–Crippen MR) is 88.8 cm³/mol. The molecule has 1 N–H and O–H groups in total. The molecule has 0 aliphatic carbocycles. The first-order chi connectivity index (χ1) is 11.1. The highest BCUT2D eigenvalue weighted by molar-refractivity contribution is 5.95. The fourth-order valence-electron chi connectivity index (χ4n) is 2.28. The second kappa shape index (κ2) is 8.08. The minimum atomic E-state index is -0.115. The van der Waals surface area contributed by atoms with E-state index < -0.39 is 0 Å². The van der Waals surface area contributed by atoms with Crippen molar-refractivity contribution < 1.29 is 9.59 Å². The summed E-state index contributed by atoms with van der Waals surface area (Å²) in [7, 11) is 0. The topological polar surface area (TPSA) is 62.3 Å². The van der Waals surface area contributed by atoms with E-state index in [0.29, 0.717) is 25.2 Å². The number of amides is 2. The number of rotatable bonds is 6. The van der Waals surface area contributed by atoms with Crippen LogP contribution in [0.5, 0.6) is 0 Å². The Kier molecular flexibility index (Phi) is 5.86. The highest BCUT2D eigenvalue weighted by Crippen LogP contribution is 2.07. The van der Waals surface area contributed by atoms with Gasteiger partial charge in [-0.1, -0.05) is 18.2 Å². The quantitative estimate of drug-likeness (QED) is 0.889. The summed E-state index contributed by atoms with van der Waals surface area (Å²) in [6.07, 6.45) is 3.40. The van der Waals surface area contributed by atoms with Crippen molar-refractivity contribution in [1.82, 2.24) is 15.2 Å². The van der Waals surface area contributed by atoms with Crippen LogP contribution < -0.4 is 5.32 Å². The molecule has 0 saturated heterocycles. The maximum absolute atomic E-state index is 12.2. The molecule has 0 bridgehead atoms. The van der Waals surface area contributed by atoms with Gasteiger partial charge in [0.05, 0.1) is 0 Å². The summed E-state index contributed by atoms with van der Waals surface area (Å²) < 4.78 is 0. The van der Waals surface area contributed by atoms with E-state index in [2.05, 4.69) is 10.3 Å². The molecule has 0 radical (unpaired) electrons. The highest BCUT2D eigenvalue weighted by atomic mass is 16.2. The summed E-state index contributed by atoms with van der Waals surface area (Å²) in [5, 5.41) is 2.87. The summed E-state index contributed by atoms with van der Waals surface area (Å²) in [6, 6.07) is 11.2. The maximum Gasteiger partial charge on any atom is 0.251 e. The third-order valence-electron chi connectivity index (χ3n) is 3.63. The van der Waals surface area contributed by atoms with Crippen LogP contribution in [0, 0.1) is 6.92 Å². The van der Waals surface area contributed by atoms with Crippen LogP contribution in [0.2, 0.25) is 0 Å². The lowest BCUT2D eigenvalue weighted by Gasteiger charge is -2.21. The van der Waals surface area contributed by atoms with Crippen molar-refractivity contribution in [1.29, 1.82) is 0 Å². The number of hydrogen-bond donors (Lipinski definition) is 1. The van der Waals surface area contributed by atoms with Crippen LogP contribution in [0.4, 0.5) is 0 Å². The normalized spacial score (nSPS) is 10.2. The van der Waals surface area contributed by atoms with Gasteiger partial charge in [0.15, 0.2) is 0 Å². The third-order valence-corrected chi connectivity index (χ3v) is 3.63. The molecule has 2 aromatic rings. The summed E-state index contributed by atoms with van der Waals surface area (Å²) in [5.41, 5.74) is 2.61. The first-order valence-corrected chi connectivity index (χ1v) is 7.56. The Bertz CT molecular complexity index is 671. The zero-order chi connectivity index (χ0) is 16.7. The van der Waals surface area contributed by atoms with Crippen LogP contribution in [-0.4, -0.2) is 34.8 Å². The lowest BCUT2D eigenvalue weighted by Crippen LogP contribution is -2.37. The Morgan fingerprint density at radius 1 is 1.13 bits per heavy atom. The summed E-state index contributed by atoms with van der Waals surface area (Å²) in [5.74, 6) is -0.137. The molecule has 1 heterocycles. The molecule has 23 heavy (non-hydrogen) atoms. The number of carbonyl (C=O) groups is 2. The number of aromatic nitrogens is 1. The molecule has 5 heteroatoms. The van der Waals surface area contributed by atoms with Crippen molar-refractivity contribution in [3.05, 3.63) is 65.5 Å². The van der Waals surface area contributed by atoms with Gasteiger partial charge in [0.25, 0.3) is 5.91 Å². The number of nitrogens with one attached hydrogen (secondary N) is 1. The van der Waals surface area contributed by atoms with E-state index >= 15 is 0 Å². The number of benzene rings is 1. The van der Waals surface area contributed by atoms with Crippen LogP contribution in [0.15, 0.2) is 48.8 Å². The lowest BCUT2D eigenvalue weighted by atomic mass is 10.1. The van der Waals surface area contributed by atoms with Gasteiger partial charge in [-0.05, 0) is 36.2 Å². The highest BCUT2D eigenvalue weighted by Gasteiger charge is 2.11. The zero-order valence-corrected chi connectivity index (χ0v) is 13.5. The molecule has 0 aliphatic heterocycles. The summed E-state index contributed by atoms with van der Waals surface area (Å²) >= 11 is 0. The van der Waals surface area contributed by atoms with Crippen molar-refractivity contribution in [3.63, 3.8) is 0 Å². The Morgan fingerprint density at radius 3 is 2.48 bits per heavy atom. The van der Waals surface area contributed by atoms with Crippen molar-refractivity contribution in [2.75, 3.05) is 13.1 Å². The second-order valence-electron chi connectivity index (χ2n) is 5.37. The molecule has 0 fully saturated rings. The molecule has 2 amide bonds. The first kappa shape index (κ1) is 16.7. The SMILES string of the molecule is CC(=O)N(CCNC(=O)c1ccccc1C)Cc1ccncc1. The van der Waals surface area contributed by atoms with E-state index in [9.17, 15) is 9.59 Å². The lowest BCUT2D eigenvalue weighted by molar-refractivity contribution is -0.129. The van der Waals surface area contributed by atoms with Crippen molar-refractivity contribution >= 4 is 11.8 Å². The predicted octanol–water partition coefficient (Wildman–Crippen LogP) is 2.17. The van der Waals surface area contributed by atoms with Gasteiger partial charge in [0.1, 0.15) is 0 Å². The number of aryl methyl sites for hydroxylation is 1. The fraction of sp³-hybridized carbons (Fsp3) is 0.278. The molecule has 2 rings (SSSR count). The van der Waals surface area contributed by atoms with Crippen LogP contribution in [0.3, 0.4) is 0 Å². The molecule has 0 unspecified atom stereocenters. The van der Waals surface area contributed by atoms with Crippen molar-refractivity contribution in [2.24, 2.45) is 0 Å². The van der Waals surface area contributed by atoms with Gasteiger partial charge in [-0.15, -0.1) is 0 Å². The minimum absolute atomic E-state index is 0.0213. The molecule has 1 aromatic carbocycles. The minimum Gasteiger partial charge on any atom is -0.350 e. The molecule has 0 aliphatic rings. The average molecular weight is 311 g/mol. The van der Waals surface area contributed by atoms with Crippen molar-refractivity contribution in [2.45, 2.75) is 20.4 Å². The number of hydrogen-bond acceptors (Lipinski definition) is 3. The van der Waals surface area contributed by atoms with Gasteiger partial charge < -0.3 is 10.2 Å². The molecule has 1 aromatic heterocycles. The van der Waals surface area contributed by atoms with Gasteiger partial charge in [-0.3, -0.25) is 14.6 Å². The average Bonchev–Trinajstić information content (AvgIpc) is 2.55. The smallest absolute Gasteiger partial charge is 0.251 e. The van der Waals surface area contributed by atoms with Gasteiger partial charge in [-0.25, -0.2) is 0 Å². The molecule has 120 valence electrons. The van der Waals surface area contributed by atoms with Crippen molar-refractivity contribution in [3.8, 4) is 0 Å². The van der Waals surface area contributed by atoms with E-state index in [0.717, 1.165) is 11.1 Å². The molecule has 5 nitrogen and oxygen atoms in total. The molecular weight excluding hydrogens is 290 g/mol. The van der Waals surface area contributed by atoms with Crippen LogP contribution in [0.1, 0.15) is 28.4 Å². The molecular formula is C18H21N3O2. The number of carbonyl (C=O) groups excluding carboxylic acids is 2. The monoisotopic (exact) mass is 311 g/mol. The Balaban J connectivity index is 1.88. The summed E-state index contributed by atoms with van der Waals surface area (Å²) in [6.45, 7) is 4.83. The van der Waals surface area contributed by atoms with Crippen LogP contribution >= 0.6 is 0 Å². The Hall–Kier alpha value is -2.69. The van der Waals surface area contributed by atoms with E-state index in [4.69, 9.17) is 0 Å². The van der Waals surface area contributed by atoms with Crippen LogP contribution in [-0.2, 0) is 11.3 Å². The number of pyridine rings is 1. The van der Waals surface area contributed by atoms with Gasteiger partial charge in [0.2, 0.25) is 5.91 Å². The summed E-state index contributed by atoms with van der Waals surface area (Å²) in [4.78, 5) is 29.6. The van der Waals surface area contributed by atoms with E-state index in [1.165, 1.54) is 6.92 Å². The molecule has 0 atom stereocenters. The largest absolute Gasteiger partial charge is 0.350 e. The van der Waals surface area contributed by atoms with E-state index in [1.807, 2.05) is 37.3 Å². The number of nitrogens with zero attached hydrogens (tertiary/aromatic N) is 2. The fourth-order valence-corrected chi connectivity index (χ4v) is 2.28. The molecule has 0 saturated carbocycles. The zero-order valence-electron chi connectivity index (χ0n) is 13.5. The van der Waals surface area contributed by atoms with Gasteiger partial charge in [-0.2, -0.15) is 0 Å². The van der Waals surface area contributed by atoms with Gasteiger partial charge in [0, 0.05) is 44.5 Å². The second-order valence-corrected chi connectivity index (χ2v) is 5.37. The van der Waals surface area contributed by atoms with E-state index in [-0.39, 0.29) is 11.8 Å².